The summed E-state index contributed by atoms with van der Waals surface area (Å²) in [6.07, 6.45) is 0.613. The number of halogens is 1. The van der Waals surface area contributed by atoms with Crippen LogP contribution in [-0.2, 0) is 16.4 Å². The van der Waals surface area contributed by atoms with E-state index in [9.17, 15) is 8.42 Å². The molecule has 2 N–H and O–H groups in total. The summed E-state index contributed by atoms with van der Waals surface area (Å²) >= 11 is 3.47. The summed E-state index contributed by atoms with van der Waals surface area (Å²) in [5.74, 6) is 2.43. The van der Waals surface area contributed by atoms with Crippen molar-refractivity contribution in [3.8, 4) is 11.5 Å². The van der Waals surface area contributed by atoms with Crippen molar-refractivity contribution in [2.45, 2.75) is 25.9 Å². The van der Waals surface area contributed by atoms with Gasteiger partial charge in [-0.2, -0.15) is 0 Å². The lowest BCUT2D eigenvalue weighted by Gasteiger charge is -2.16. The predicted molar refractivity (Wildman–Crippen MR) is 95.3 cm³/mol. The average molecular weight is 418 g/mol. The van der Waals surface area contributed by atoms with Gasteiger partial charge in [0.15, 0.2) is 27.3 Å². The van der Waals surface area contributed by atoms with E-state index >= 15 is 0 Å². The highest BCUT2D eigenvalue weighted by molar-refractivity contribution is 9.10. The number of rotatable bonds is 4. The minimum absolute atomic E-state index is 0.0868. The highest BCUT2D eigenvalue weighted by atomic mass is 79.9. The van der Waals surface area contributed by atoms with Crippen LogP contribution in [0.4, 0.5) is 0 Å². The van der Waals surface area contributed by atoms with Gasteiger partial charge in [-0.1, -0.05) is 0 Å². The van der Waals surface area contributed by atoms with Crippen LogP contribution in [0.1, 0.15) is 18.9 Å². The standard InChI is InChI=1S/C15H20BrN3O4S/c1-2-17-15(19-11-3-4-24(20,21)8-11)18-7-10-5-12(16)14-13(6-10)22-9-23-14/h5-6,11H,2-4,7-9H2,1H3,(H2,17,18,19). The maximum atomic E-state index is 11.6. The van der Waals surface area contributed by atoms with Gasteiger partial charge in [0, 0.05) is 12.6 Å². The van der Waals surface area contributed by atoms with Crippen molar-refractivity contribution in [3.63, 3.8) is 0 Å². The summed E-state index contributed by atoms with van der Waals surface area (Å²) in [4.78, 5) is 4.54. The maximum absolute atomic E-state index is 11.6. The Labute approximate surface area is 149 Å². The van der Waals surface area contributed by atoms with Crippen molar-refractivity contribution in [2.24, 2.45) is 4.99 Å². The molecule has 0 aromatic heterocycles. The van der Waals surface area contributed by atoms with Gasteiger partial charge in [-0.05, 0) is 47.0 Å². The molecule has 1 fully saturated rings. The van der Waals surface area contributed by atoms with E-state index in [4.69, 9.17) is 9.47 Å². The van der Waals surface area contributed by atoms with Crippen molar-refractivity contribution in [1.82, 2.24) is 10.6 Å². The Kier molecular flexibility index (Phi) is 5.19. The van der Waals surface area contributed by atoms with E-state index in [2.05, 4.69) is 31.6 Å². The van der Waals surface area contributed by atoms with Gasteiger partial charge in [0.25, 0.3) is 0 Å². The van der Waals surface area contributed by atoms with Crippen LogP contribution in [-0.4, -0.2) is 45.3 Å². The molecule has 3 rings (SSSR count). The smallest absolute Gasteiger partial charge is 0.231 e. The molecular formula is C15H20BrN3O4S. The number of fused-ring (bicyclic) bond motifs is 1. The molecular weight excluding hydrogens is 398 g/mol. The average Bonchev–Trinajstić information content (AvgIpc) is 3.11. The van der Waals surface area contributed by atoms with Crippen molar-refractivity contribution in [2.75, 3.05) is 24.8 Å². The first-order chi connectivity index (χ1) is 11.5. The SMILES string of the molecule is CCNC(=NCc1cc(Br)c2c(c1)OCO2)NC1CCS(=O)(=O)C1. The van der Waals surface area contributed by atoms with Crippen molar-refractivity contribution in [3.05, 3.63) is 22.2 Å². The van der Waals surface area contributed by atoms with E-state index in [1.807, 2.05) is 19.1 Å². The van der Waals surface area contributed by atoms with Gasteiger partial charge in [0.1, 0.15) is 0 Å². The zero-order chi connectivity index (χ0) is 17.2. The lowest BCUT2D eigenvalue weighted by molar-refractivity contribution is 0.173. The number of sulfone groups is 1. The summed E-state index contributed by atoms with van der Waals surface area (Å²) in [7, 11) is -2.92. The number of hydrogen-bond donors (Lipinski definition) is 2. The minimum atomic E-state index is -2.92. The molecule has 1 unspecified atom stereocenters. The van der Waals surface area contributed by atoms with Gasteiger partial charge in [-0.3, -0.25) is 0 Å². The van der Waals surface area contributed by atoms with Crippen LogP contribution in [0.2, 0.25) is 0 Å². The summed E-state index contributed by atoms with van der Waals surface area (Å²) in [5, 5.41) is 6.35. The van der Waals surface area contributed by atoms with Crippen LogP contribution >= 0.6 is 15.9 Å². The molecule has 9 heteroatoms. The van der Waals surface area contributed by atoms with Crippen LogP contribution in [0.15, 0.2) is 21.6 Å². The van der Waals surface area contributed by atoms with Crippen LogP contribution in [0, 0.1) is 0 Å². The molecule has 24 heavy (non-hydrogen) atoms. The Morgan fingerprint density at radius 2 is 2.25 bits per heavy atom. The number of guanidine groups is 1. The lowest BCUT2D eigenvalue weighted by Crippen LogP contribution is -2.44. The Balaban J connectivity index is 1.69. The topological polar surface area (TPSA) is 89.0 Å². The predicted octanol–water partition coefficient (Wildman–Crippen LogP) is 1.42. The lowest BCUT2D eigenvalue weighted by atomic mass is 10.2. The third-order valence-corrected chi connectivity index (χ3v) is 6.18. The number of benzene rings is 1. The van der Waals surface area contributed by atoms with Crippen molar-refractivity contribution >= 4 is 31.7 Å². The second kappa shape index (κ2) is 7.18. The molecule has 1 aromatic rings. The molecule has 2 aliphatic rings. The number of hydrogen-bond acceptors (Lipinski definition) is 5. The fourth-order valence-corrected chi connectivity index (χ4v) is 4.98. The van der Waals surface area contributed by atoms with Gasteiger partial charge < -0.3 is 20.1 Å². The van der Waals surface area contributed by atoms with Gasteiger partial charge in [0.05, 0.1) is 22.5 Å². The Morgan fingerprint density at radius 1 is 1.42 bits per heavy atom. The number of aliphatic imine (C=N–C) groups is 1. The molecule has 1 saturated heterocycles. The monoisotopic (exact) mass is 417 g/mol. The van der Waals surface area contributed by atoms with E-state index < -0.39 is 9.84 Å². The molecule has 2 aliphatic heterocycles. The maximum Gasteiger partial charge on any atom is 0.231 e. The largest absolute Gasteiger partial charge is 0.454 e. The van der Waals surface area contributed by atoms with Crippen LogP contribution in [0.3, 0.4) is 0 Å². The molecule has 0 bridgehead atoms. The number of ether oxygens (including phenoxy) is 2. The van der Waals surface area contributed by atoms with Gasteiger partial charge in [0.2, 0.25) is 6.79 Å². The number of nitrogens with one attached hydrogen (secondary N) is 2. The molecule has 1 atom stereocenters. The summed E-state index contributed by atoms with van der Waals surface area (Å²) in [6.45, 7) is 3.35. The fraction of sp³-hybridized carbons (Fsp3) is 0.533. The van der Waals surface area contributed by atoms with Crippen molar-refractivity contribution in [1.29, 1.82) is 0 Å². The molecule has 2 heterocycles. The molecule has 7 nitrogen and oxygen atoms in total. The first-order valence-corrected chi connectivity index (χ1v) is 10.4. The van der Waals surface area contributed by atoms with Gasteiger partial charge in [-0.25, -0.2) is 13.4 Å². The molecule has 0 amide bonds. The second-order valence-corrected chi connectivity index (χ2v) is 8.83. The molecule has 0 spiro atoms. The molecule has 0 radical (unpaired) electrons. The van der Waals surface area contributed by atoms with Crippen LogP contribution in [0.5, 0.6) is 11.5 Å². The summed E-state index contributed by atoms with van der Waals surface area (Å²) in [6, 6.07) is 3.76. The molecule has 0 saturated carbocycles. The fourth-order valence-electron chi connectivity index (χ4n) is 2.70. The Bertz CT molecular complexity index is 751. The Hall–Kier alpha value is -1.48. The third-order valence-electron chi connectivity index (χ3n) is 3.82. The summed E-state index contributed by atoms with van der Waals surface area (Å²) in [5.41, 5.74) is 0.974. The molecule has 1 aromatic carbocycles. The Morgan fingerprint density at radius 3 is 2.96 bits per heavy atom. The molecule has 0 aliphatic carbocycles. The van der Waals surface area contributed by atoms with Crippen LogP contribution < -0.4 is 20.1 Å². The van der Waals surface area contributed by atoms with Crippen LogP contribution in [0.25, 0.3) is 0 Å². The second-order valence-electron chi connectivity index (χ2n) is 5.75. The van der Waals surface area contributed by atoms with Gasteiger partial charge in [-0.15, -0.1) is 0 Å². The third kappa shape index (κ3) is 4.13. The first kappa shape index (κ1) is 17.3. The van der Waals surface area contributed by atoms with E-state index in [1.165, 1.54) is 0 Å². The van der Waals surface area contributed by atoms with Gasteiger partial charge >= 0.3 is 0 Å². The van der Waals surface area contributed by atoms with E-state index in [0.29, 0.717) is 37.0 Å². The highest BCUT2D eigenvalue weighted by Gasteiger charge is 2.28. The zero-order valence-electron chi connectivity index (χ0n) is 13.3. The zero-order valence-corrected chi connectivity index (χ0v) is 15.7. The normalized spacial score (nSPS) is 21.8. The number of nitrogens with zero attached hydrogens (tertiary/aromatic N) is 1. The summed E-state index contributed by atoms with van der Waals surface area (Å²) < 4.78 is 34.8. The van der Waals surface area contributed by atoms with E-state index in [1.54, 1.807) is 0 Å². The first-order valence-electron chi connectivity index (χ1n) is 7.80. The van der Waals surface area contributed by atoms with E-state index in [0.717, 1.165) is 10.0 Å². The van der Waals surface area contributed by atoms with Crippen molar-refractivity contribution < 1.29 is 17.9 Å². The quantitative estimate of drug-likeness (QED) is 0.568. The van der Waals surface area contributed by atoms with E-state index in [-0.39, 0.29) is 24.3 Å². The molecule has 132 valence electrons. The highest BCUT2D eigenvalue weighted by Crippen LogP contribution is 2.40. The minimum Gasteiger partial charge on any atom is -0.454 e.